The predicted octanol–water partition coefficient (Wildman–Crippen LogP) is 3.75. The summed E-state index contributed by atoms with van der Waals surface area (Å²) in [4.78, 5) is 12.0. The third-order valence-corrected chi connectivity index (χ3v) is 3.12. The van der Waals surface area contributed by atoms with E-state index in [-0.39, 0.29) is 11.3 Å². The van der Waals surface area contributed by atoms with Crippen molar-refractivity contribution in [1.82, 2.24) is 0 Å². The van der Waals surface area contributed by atoms with E-state index in [1.165, 1.54) is 26.4 Å². The van der Waals surface area contributed by atoms with Gasteiger partial charge in [-0.2, -0.15) is 0 Å². The molecule has 6 heteroatoms. The monoisotopic (exact) mass is 309 g/mol. The first-order valence-corrected chi connectivity index (χ1v) is 6.41. The second-order valence-corrected chi connectivity index (χ2v) is 4.56. The van der Waals surface area contributed by atoms with Gasteiger partial charge in [-0.3, -0.25) is 4.79 Å². The summed E-state index contributed by atoms with van der Waals surface area (Å²) in [6, 6.07) is 8.81. The third-order valence-electron chi connectivity index (χ3n) is 2.82. The van der Waals surface area contributed by atoms with Crippen LogP contribution in [0.4, 0.5) is 10.1 Å². The highest BCUT2D eigenvalue weighted by Gasteiger charge is 2.11. The van der Waals surface area contributed by atoms with Crippen LogP contribution in [0, 0.1) is 5.82 Å². The number of nitrogens with one attached hydrogen (secondary N) is 1. The summed E-state index contributed by atoms with van der Waals surface area (Å²) in [5.41, 5.74) is 0.669. The summed E-state index contributed by atoms with van der Waals surface area (Å²) in [6.45, 7) is 0. The largest absolute Gasteiger partial charge is 0.495 e. The maximum Gasteiger partial charge on any atom is 0.255 e. The lowest BCUT2D eigenvalue weighted by molar-refractivity contribution is 0.102. The average Bonchev–Trinajstić information content (AvgIpc) is 2.47. The van der Waals surface area contributed by atoms with Gasteiger partial charge in [0, 0.05) is 11.3 Å². The molecule has 4 nitrogen and oxygen atoms in total. The van der Waals surface area contributed by atoms with Gasteiger partial charge in [0.15, 0.2) is 11.6 Å². The molecule has 0 heterocycles. The number of carbonyl (C=O) groups is 1. The van der Waals surface area contributed by atoms with Gasteiger partial charge in [0.05, 0.1) is 19.2 Å². The molecule has 0 saturated heterocycles. The second kappa shape index (κ2) is 6.45. The number of benzene rings is 2. The van der Waals surface area contributed by atoms with Crippen LogP contribution in [0.1, 0.15) is 10.4 Å². The molecule has 0 atom stereocenters. The Hall–Kier alpha value is -2.27. The van der Waals surface area contributed by atoms with Crippen LogP contribution in [-0.4, -0.2) is 20.1 Å². The maximum absolute atomic E-state index is 13.6. The highest BCUT2D eigenvalue weighted by Crippen LogP contribution is 2.27. The number of ether oxygens (including phenoxy) is 2. The van der Waals surface area contributed by atoms with Gasteiger partial charge < -0.3 is 14.8 Å². The topological polar surface area (TPSA) is 47.6 Å². The number of carbonyl (C=O) groups excluding carboxylic acids is 1. The Morgan fingerprint density at radius 3 is 2.33 bits per heavy atom. The molecule has 0 unspecified atom stereocenters. The van der Waals surface area contributed by atoms with Crippen molar-refractivity contribution in [1.29, 1.82) is 0 Å². The summed E-state index contributed by atoms with van der Waals surface area (Å²) in [6.07, 6.45) is 0. The van der Waals surface area contributed by atoms with Crippen molar-refractivity contribution in [3.8, 4) is 11.5 Å². The fraction of sp³-hybridized carbons (Fsp3) is 0.133. The molecule has 1 amide bonds. The maximum atomic E-state index is 13.6. The van der Waals surface area contributed by atoms with Gasteiger partial charge in [-0.05, 0) is 36.4 Å². The molecule has 0 saturated carbocycles. The average molecular weight is 310 g/mol. The van der Waals surface area contributed by atoms with E-state index < -0.39 is 11.7 Å². The molecule has 21 heavy (non-hydrogen) atoms. The Kier molecular flexibility index (Phi) is 4.65. The van der Waals surface area contributed by atoms with E-state index in [4.69, 9.17) is 21.1 Å². The van der Waals surface area contributed by atoms with E-state index in [9.17, 15) is 9.18 Å². The minimum Gasteiger partial charge on any atom is -0.495 e. The first kappa shape index (κ1) is 15.1. The molecule has 0 aliphatic carbocycles. The number of hydrogen-bond donors (Lipinski definition) is 1. The van der Waals surface area contributed by atoms with Gasteiger partial charge in [0.25, 0.3) is 5.91 Å². The zero-order chi connectivity index (χ0) is 15.4. The SMILES string of the molecule is COc1ccc(C(=O)Nc2ccc(OC)c(Cl)c2)cc1F. The highest BCUT2D eigenvalue weighted by atomic mass is 35.5. The van der Waals surface area contributed by atoms with E-state index >= 15 is 0 Å². The van der Waals surface area contributed by atoms with Crippen LogP contribution < -0.4 is 14.8 Å². The Labute approximate surface area is 126 Å². The Morgan fingerprint density at radius 2 is 1.76 bits per heavy atom. The first-order valence-electron chi connectivity index (χ1n) is 6.03. The molecule has 0 aliphatic heterocycles. The fourth-order valence-electron chi connectivity index (χ4n) is 1.76. The van der Waals surface area contributed by atoms with Crippen molar-refractivity contribution < 1.29 is 18.7 Å². The highest BCUT2D eigenvalue weighted by molar-refractivity contribution is 6.32. The molecule has 2 rings (SSSR count). The Morgan fingerprint density at radius 1 is 1.10 bits per heavy atom. The molecule has 0 radical (unpaired) electrons. The van der Waals surface area contributed by atoms with Crippen molar-refractivity contribution in [2.24, 2.45) is 0 Å². The molecule has 0 spiro atoms. The normalized spacial score (nSPS) is 10.1. The number of anilines is 1. The molecule has 0 aliphatic rings. The summed E-state index contributed by atoms with van der Waals surface area (Å²) in [7, 11) is 2.86. The smallest absolute Gasteiger partial charge is 0.255 e. The van der Waals surface area contributed by atoms with Crippen molar-refractivity contribution in [2.75, 3.05) is 19.5 Å². The van der Waals surface area contributed by atoms with Gasteiger partial charge in [0.2, 0.25) is 0 Å². The molecule has 0 fully saturated rings. The number of rotatable bonds is 4. The number of methoxy groups -OCH3 is 2. The van der Waals surface area contributed by atoms with Gasteiger partial charge in [0.1, 0.15) is 5.75 Å². The molecule has 0 aromatic heterocycles. The first-order chi connectivity index (χ1) is 10.0. The quantitative estimate of drug-likeness (QED) is 0.935. The molecule has 1 N–H and O–H groups in total. The lowest BCUT2D eigenvalue weighted by atomic mass is 10.2. The van der Waals surface area contributed by atoms with Crippen molar-refractivity contribution in [3.05, 3.63) is 52.8 Å². The van der Waals surface area contributed by atoms with Crippen molar-refractivity contribution >= 4 is 23.2 Å². The lowest BCUT2D eigenvalue weighted by Gasteiger charge is -2.09. The minimum atomic E-state index is -0.599. The van der Waals surface area contributed by atoms with Crippen LogP contribution in [0.25, 0.3) is 0 Å². The van der Waals surface area contributed by atoms with Crippen LogP contribution in [-0.2, 0) is 0 Å². The van der Waals surface area contributed by atoms with Crippen LogP contribution >= 0.6 is 11.6 Å². The summed E-state index contributed by atoms with van der Waals surface area (Å²) >= 11 is 5.97. The van der Waals surface area contributed by atoms with Crippen LogP contribution in [0.2, 0.25) is 5.02 Å². The molecule has 0 bridgehead atoms. The van der Waals surface area contributed by atoms with Crippen molar-refractivity contribution in [3.63, 3.8) is 0 Å². The lowest BCUT2D eigenvalue weighted by Crippen LogP contribution is -2.12. The van der Waals surface area contributed by atoms with Crippen LogP contribution in [0.15, 0.2) is 36.4 Å². The fourth-order valence-corrected chi connectivity index (χ4v) is 2.01. The number of amides is 1. The second-order valence-electron chi connectivity index (χ2n) is 4.15. The number of hydrogen-bond acceptors (Lipinski definition) is 3. The summed E-state index contributed by atoms with van der Waals surface area (Å²) in [5, 5.41) is 3.00. The zero-order valence-corrected chi connectivity index (χ0v) is 12.2. The summed E-state index contributed by atoms with van der Waals surface area (Å²) in [5.74, 6) is -0.458. The third kappa shape index (κ3) is 3.44. The van der Waals surface area contributed by atoms with E-state index in [1.807, 2.05) is 0 Å². The number of halogens is 2. The van der Waals surface area contributed by atoms with Crippen molar-refractivity contribution in [2.45, 2.75) is 0 Å². The van der Waals surface area contributed by atoms with Crippen LogP contribution in [0.5, 0.6) is 11.5 Å². The zero-order valence-electron chi connectivity index (χ0n) is 11.4. The van der Waals surface area contributed by atoms with E-state index in [2.05, 4.69) is 5.32 Å². The van der Waals surface area contributed by atoms with Gasteiger partial charge >= 0.3 is 0 Å². The van der Waals surface area contributed by atoms with Gasteiger partial charge in [-0.15, -0.1) is 0 Å². The Balaban J connectivity index is 2.18. The van der Waals surface area contributed by atoms with E-state index in [0.717, 1.165) is 6.07 Å². The predicted molar refractivity (Wildman–Crippen MR) is 78.9 cm³/mol. The Bertz CT molecular complexity index is 676. The minimum absolute atomic E-state index is 0.0824. The molecule has 2 aromatic carbocycles. The molecule has 110 valence electrons. The van der Waals surface area contributed by atoms with E-state index in [0.29, 0.717) is 16.5 Å². The molecular weight excluding hydrogens is 297 g/mol. The van der Waals surface area contributed by atoms with Gasteiger partial charge in [-0.25, -0.2) is 4.39 Å². The van der Waals surface area contributed by atoms with Gasteiger partial charge in [-0.1, -0.05) is 11.6 Å². The molecular formula is C15H13ClFNO3. The van der Waals surface area contributed by atoms with Crippen LogP contribution in [0.3, 0.4) is 0 Å². The summed E-state index contributed by atoms with van der Waals surface area (Å²) < 4.78 is 23.4. The van der Waals surface area contributed by atoms with E-state index in [1.54, 1.807) is 18.2 Å². The standard InChI is InChI=1S/C15H13ClFNO3/c1-20-13-6-4-10(8-11(13)16)18-15(19)9-3-5-14(21-2)12(17)7-9/h3-8H,1-2H3,(H,18,19). The molecule has 2 aromatic rings.